The first-order chi connectivity index (χ1) is 17.8. The number of aliphatic hydroxyl groups excluding tert-OH is 1. The Balaban J connectivity index is 1.62. The van der Waals surface area contributed by atoms with Crippen LogP contribution in [0.4, 0.5) is 13.2 Å². The van der Waals surface area contributed by atoms with Gasteiger partial charge in [-0.3, -0.25) is 4.79 Å². The van der Waals surface area contributed by atoms with Crippen LogP contribution in [0.3, 0.4) is 0 Å². The van der Waals surface area contributed by atoms with Crippen molar-refractivity contribution in [2.75, 3.05) is 12.4 Å². The summed E-state index contributed by atoms with van der Waals surface area (Å²) in [6.07, 6.45) is 2.20. The number of alkyl halides is 2. The summed E-state index contributed by atoms with van der Waals surface area (Å²) in [7, 11) is 0. The molecule has 0 aliphatic heterocycles. The van der Waals surface area contributed by atoms with Crippen LogP contribution >= 0.6 is 11.8 Å². The first kappa shape index (κ1) is 26.6. The number of carbonyl (C=O) groups is 1. The van der Waals surface area contributed by atoms with Crippen LogP contribution in [0.5, 0.6) is 5.75 Å². The minimum Gasteiger partial charge on any atom is -0.435 e. The Hall–Kier alpha value is -3.50. The smallest absolute Gasteiger partial charge is 0.387 e. The Morgan fingerprint density at radius 2 is 1.89 bits per heavy atom. The second-order valence-electron chi connectivity index (χ2n) is 8.17. The zero-order valence-corrected chi connectivity index (χ0v) is 21.1. The number of imidazole rings is 1. The maximum Gasteiger partial charge on any atom is 0.387 e. The number of carbonyl (C=O) groups excluding carboxylic acids is 1. The molecular formula is C27H26F3N3O3S. The highest BCUT2D eigenvalue weighted by molar-refractivity contribution is 7.99. The van der Waals surface area contributed by atoms with E-state index in [2.05, 4.69) is 22.0 Å². The summed E-state index contributed by atoms with van der Waals surface area (Å²) in [5.41, 5.74) is 2.94. The van der Waals surface area contributed by atoms with Crippen LogP contribution in [0, 0.1) is 5.82 Å². The lowest BCUT2D eigenvalue weighted by Gasteiger charge is -2.17. The predicted octanol–water partition coefficient (Wildman–Crippen LogP) is 5.88. The van der Waals surface area contributed by atoms with Gasteiger partial charge in [-0.2, -0.15) is 8.78 Å². The highest BCUT2D eigenvalue weighted by Gasteiger charge is 2.19. The molecule has 4 rings (SSSR count). The number of hydrogen-bond donors (Lipinski definition) is 2. The van der Waals surface area contributed by atoms with Gasteiger partial charge in [0.05, 0.1) is 24.0 Å². The Morgan fingerprint density at radius 3 is 2.54 bits per heavy atom. The van der Waals surface area contributed by atoms with Crippen LogP contribution in [0.1, 0.15) is 41.5 Å². The van der Waals surface area contributed by atoms with Gasteiger partial charge in [0, 0.05) is 28.3 Å². The SMILES string of the molecule is CCSc1ccc(C(CO)NC(=O)c2ccn3c(CC)c(-c4cc(F)cc(OC(F)F)c4)nc3c2)cc1. The Bertz CT molecular complexity index is 1390. The molecule has 0 saturated carbocycles. The van der Waals surface area contributed by atoms with E-state index in [4.69, 9.17) is 0 Å². The third-order valence-electron chi connectivity index (χ3n) is 5.77. The molecule has 0 aliphatic carbocycles. The third-order valence-corrected chi connectivity index (χ3v) is 6.67. The van der Waals surface area contributed by atoms with Crippen LogP contribution < -0.4 is 10.1 Å². The molecule has 0 radical (unpaired) electrons. The molecule has 1 unspecified atom stereocenters. The third kappa shape index (κ3) is 6.08. The molecule has 1 amide bonds. The van der Waals surface area contributed by atoms with E-state index < -0.39 is 24.4 Å². The standard InChI is InChI=1S/C27H26F3N3O3S/c1-3-23-25(18-11-19(28)14-20(12-18)36-27(29)30)32-24-13-17(9-10-33(23)24)26(35)31-22(15-34)16-5-7-21(8-6-16)37-4-2/h5-14,22,27,34H,3-4,15H2,1-2H3,(H,31,35). The molecule has 0 spiro atoms. The van der Waals surface area contributed by atoms with Gasteiger partial charge in [-0.1, -0.05) is 26.0 Å². The fraction of sp³-hybridized carbons (Fsp3) is 0.259. The number of aromatic nitrogens is 2. The van der Waals surface area contributed by atoms with E-state index >= 15 is 0 Å². The van der Waals surface area contributed by atoms with Crippen molar-refractivity contribution in [3.05, 3.63) is 83.4 Å². The first-order valence-electron chi connectivity index (χ1n) is 11.7. The van der Waals surface area contributed by atoms with Gasteiger partial charge in [0.15, 0.2) is 0 Å². The van der Waals surface area contributed by atoms with Crippen LogP contribution in [-0.2, 0) is 6.42 Å². The van der Waals surface area contributed by atoms with Crippen molar-refractivity contribution in [1.29, 1.82) is 0 Å². The van der Waals surface area contributed by atoms with Gasteiger partial charge in [-0.05, 0) is 54.1 Å². The summed E-state index contributed by atoms with van der Waals surface area (Å²) in [6.45, 7) is 0.595. The quantitative estimate of drug-likeness (QED) is 0.251. The zero-order valence-electron chi connectivity index (χ0n) is 20.2. The first-order valence-corrected chi connectivity index (χ1v) is 12.7. The minimum absolute atomic E-state index is 0.273. The highest BCUT2D eigenvalue weighted by atomic mass is 32.2. The Kier molecular flexibility index (Phi) is 8.40. The van der Waals surface area contributed by atoms with E-state index in [1.807, 2.05) is 31.2 Å². The van der Waals surface area contributed by atoms with Crippen molar-refractivity contribution in [2.45, 2.75) is 37.8 Å². The van der Waals surface area contributed by atoms with Gasteiger partial charge in [-0.25, -0.2) is 9.37 Å². The van der Waals surface area contributed by atoms with Crippen LogP contribution in [-0.4, -0.2) is 39.4 Å². The molecule has 0 saturated heterocycles. The minimum atomic E-state index is -3.08. The van der Waals surface area contributed by atoms with E-state index in [9.17, 15) is 23.1 Å². The number of fused-ring (bicyclic) bond motifs is 1. The van der Waals surface area contributed by atoms with Gasteiger partial charge in [-0.15, -0.1) is 11.8 Å². The van der Waals surface area contributed by atoms with E-state index in [0.29, 0.717) is 29.0 Å². The average molecular weight is 530 g/mol. The number of nitrogens with zero attached hydrogens (tertiary/aromatic N) is 2. The number of benzene rings is 2. The monoisotopic (exact) mass is 529 g/mol. The fourth-order valence-corrected chi connectivity index (χ4v) is 4.78. The molecule has 2 aromatic carbocycles. The van der Waals surface area contributed by atoms with E-state index in [1.54, 1.807) is 34.5 Å². The molecule has 2 N–H and O–H groups in total. The molecule has 194 valence electrons. The summed E-state index contributed by atoms with van der Waals surface area (Å²) < 4.78 is 45.6. The summed E-state index contributed by atoms with van der Waals surface area (Å²) in [5, 5.41) is 12.7. The largest absolute Gasteiger partial charge is 0.435 e. The average Bonchev–Trinajstić information content (AvgIpc) is 3.25. The second kappa shape index (κ2) is 11.7. The summed E-state index contributed by atoms with van der Waals surface area (Å²) in [6, 6.07) is 13.7. The molecule has 0 bridgehead atoms. The molecule has 0 aliphatic rings. The molecule has 2 heterocycles. The summed E-state index contributed by atoms with van der Waals surface area (Å²) >= 11 is 1.70. The normalized spacial score (nSPS) is 12.2. The Labute approximate surface area is 216 Å². The lowest BCUT2D eigenvalue weighted by atomic mass is 10.1. The van der Waals surface area contributed by atoms with Gasteiger partial charge in [0.2, 0.25) is 0 Å². The van der Waals surface area contributed by atoms with Gasteiger partial charge in [0.25, 0.3) is 5.91 Å². The number of rotatable bonds is 10. The number of pyridine rings is 1. The molecular weight excluding hydrogens is 503 g/mol. The number of halogens is 3. The maximum atomic E-state index is 14.1. The number of aliphatic hydroxyl groups is 1. The van der Waals surface area contributed by atoms with Gasteiger partial charge in [0.1, 0.15) is 17.2 Å². The summed E-state index contributed by atoms with van der Waals surface area (Å²) in [4.78, 5) is 18.7. The number of nitrogens with one attached hydrogen (secondary N) is 1. The number of aryl methyl sites for hydroxylation is 1. The second-order valence-corrected chi connectivity index (χ2v) is 9.51. The van der Waals surface area contributed by atoms with Crippen molar-refractivity contribution in [2.24, 2.45) is 0 Å². The lowest BCUT2D eigenvalue weighted by molar-refractivity contribution is -0.0499. The Morgan fingerprint density at radius 1 is 1.14 bits per heavy atom. The van der Waals surface area contributed by atoms with Crippen LogP contribution in [0.15, 0.2) is 65.7 Å². The molecule has 0 fully saturated rings. The highest BCUT2D eigenvalue weighted by Crippen LogP contribution is 2.30. The number of thioether (sulfide) groups is 1. The predicted molar refractivity (Wildman–Crippen MR) is 137 cm³/mol. The molecule has 1 atom stereocenters. The van der Waals surface area contributed by atoms with Crippen molar-refractivity contribution >= 4 is 23.3 Å². The van der Waals surface area contributed by atoms with E-state index in [1.165, 1.54) is 12.1 Å². The molecule has 10 heteroatoms. The fourth-order valence-electron chi connectivity index (χ4n) is 4.12. The van der Waals surface area contributed by atoms with Crippen molar-refractivity contribution in [3.63, 3.8) is 0 Å². The topological polar surface area (TPSA) is 75.9 Å². The zero-order chi connectivity index (χ0) is 26.5. The molecule has 6 nitrogen and oxygen atoms in total. The van der Waals surface area contributed by atoms with Gasteiger partial charge >= 0.3 is 6.61 Å². The number of hydrogen-bond acceptors (Lipinski definition) is 5. The van der Waals surface area contributed by atoms with Crippen LogP contribution in [0.2, 0.25) is 0 Å². The van der Waals surface area contributed by atoms with Crippen molar-refractivity contribution in [3.8, 4) is 17.0 Å². The van der Waals surface area contributed by atoms with Gasteiger partial charge < -0.3 is 19.6 Å². The van der Waals surface area contributed by atoms with E-state index in [-0.39, 0.29) is 17.9 Å². The number of amides is 1. The summed E-state index contributed by atoms with van der Waals surface area (Å²) in [5.74, 6) is -0.486. The molecule has 4 aromatic rings. The van der Waals surface area contributed by atoms with Crippen molar-refractivity contribution < 1.29 is 27.8 Å². The van der Waals surface area contributed by atoms with Crippen LogP contribution in [0.25, 0.3) is 16.9 Å². The van der Waals surface area contributed by atoms with Crippen molar-refractivity contribution in [1.82, 2.24) is 14.7 Å². The molecule has 2 aromatic heterocycles. The molecule has 37 heavy (non-hydrogen) atoms. The van der Waals surface area contributed by atoms with E-state index in [0.717, 1.165) is 22.3 Å². The lowest BCUT2D eigenvalue weighted by Crippen LogP contribution is -2.30. The number of ether oxygens (including phenoxy) is 1. The maximum absolute atomic E-state index is 14.1.